The van der Waals surface area contributed by atoms with Gasteiger partial charge in [0.25, 0.3) is 0 Å². The number of halogens is 3. The molecule has 0 unspecified atom stereocenters. The van der Waals surface area contributed by atoms with Gasteiger partial charge in [0.1, 0.15) is 0 Å². The van der Waals surface area contributed by atoms with E-state index in [1.807, 2.05) is 0 Å². The third kappa shape index (κ3) is 49.8. The van der Waals surface area contributed by atoms with Crippen LogP contribution in [0.3, 0.4) is 0 Å². The van der Waals surface area contributed by atoms with Crippen LogP contribution < -0.4 is 0 Å². The van der Waals surface area contributed by atoms with Gasteiger partial charge in [-0.3, -0.25) is 12.9 Å². The second-order valence-electron chi connectivity index (χ2n) is 0.247. The molecule has 0 atom stereocenters. The molecule has 0 saturated carbocycles. The van der Waals surface area contributed by atoms with Crippen LogP contribution >= 0.6 is 0 Å². The first-order chi connectivity index (χ1) is 2.73. The van der Waals surface area contributed by atoms with Crippen molar-refractivity contribution in [1.29, 1.82) is 0 Å². The van der Waals surface area contributed by atoms with Gasteiger partial charge in [0.15, 0.2) is 0 Å². The maximum absolute atomic E-state index is 9.67. The Kier molecular flexibility index (Phi) is 16.9. The molecule has 5 heteroatoms. The third-order valence-corrected chi connectivity index (χ3v) is 0. The number of hydrogen-bond donors (Lipinski definition) is 0. The van der Waals surface area contributed by atoms with Crippen molar-refractivity contribution in [2.24, 2.45) is 0 Å². The van der Waals surface area contributed by atoms with Gasteiger partial charge in [-0.15, -0.1) is 0 Å². The molecule has 0 spiro atoms. The summed E-state index contributed by atoms with van der Waals surface area (Å²) < 4.78 is 31.2. The van der Waals surface area contributed by atoms with Crippen LogP contribution in [0.1, 0.15) is 0 Å². The van der Waals surface area contributed by atoms with E-state index in [1.165, 1.54) is 0 Å². The minimum absolute atomic E-state index is 1.06. The molecule has 0 aliphatic heterocycles. The summed E-state index contributed by atoms with van der Waals surface area (Å²) in [5.41, 5.74) is 0. The van der Waals surface area contributed by atoms with E-state index in [2.05, 4.69) is 1.02 Å². The number of rotatable bonds is 0. The second kappa shape index (κ2) is 9.70. The molecule has 0 radical (unpaired) electrons. The third-order valence-electron chi connectivity index (χ3n) is 0. The van der Waals surface area contributed by atoms with Crippen molar-refractivity contribution in [2.75, 3.05) is 0 Å². The molecule has 0 aliphatic rings. The molecular weight excluding hydrogens is 119 g/mol. The number of hydrogen-bond acceptors (Lipinski definition) is 0. The van der Waals surface area contributed by atoms with Crippen LogP contribution in [0.15, 0.2) is 0 Å². The van der Waals surface area contributed by atoms with Crippen LogP contribution in [0, 0.1) is 0 Å². The van der Waals surface area contributed by atoms with Gasteiger partial charge in [0.2, 0.25) is 0 Å². The summed E-state index contributed by atoms with van der Waals surface area (Å²) in [5.74, 6) is 0. The first-order valence-corrected chi connectivity index (χ1v) is 4.78. The van der Waals surface area contributed by atoms with Crippen molar-refractivity contribution in [3.05, 3.63) is 0 Å². The standard InChI is InChI=1S/CH3.BF3.K/c;2-1(3)4;/h1H3;;. The van der Waals surface area contributed by atoms with Crippen molar-refractivity contribution < 1.29 is 12.9 Å². The van der Waals surface area contributed by atoms with E-state index in [9.17, 15) is 12.9 Å². The Morgan fingerprint density at radius 1 is 1.17 bits per heavy atom. The molecule has 0 rings (SSSR count). The monoisotopic (exact) mass is 122 g/mol. The predicted octanol–water partition coefficient (Wildman–Crippen LogP) is 1.08. The molecule has 0 fully saturated rings. The van der Waals surface area contributed by atoms with E-state index in [4.69, 9.17) is 0 Å². The van der Waals surface area contributed by atoms with E-state index in [0.29, 0.717) is 0 Å². The summed E-state index contributed by atoms with van der Waals surface area (Å²) >= 11 is 1.06. The van der Waals surface area contributed by atoms with Crippen LogP contribution in [0.4, 0.5) is 12.9 Å². The van der Waals surface area contributed by atoms with Crippen LogP contribution in [0.2, 0.25) is 1.02 Å². The molecule has 0 aromatic rings. The topological polar surface area (TPSA) is 0 Å². The van der Waals surface area contributed by atoms with Gasteiger partial charge in [0.05, 0.1) is 0 Å². The zero-order chi connectivity index (χ0) is 5.58. The Balaban J connectivity index is 0. The fraction of sp³-hybridized carbons (Fsp3) is 1.00. The fourth-order valence-electron chi connectivity index (χ4n) is 0. The average molecular weight is 122 g/mol. The van der Waals surface area contributed by atoms with E-state index >= 15 is 0 Å². The predicted molar refractivity (Wildman–Crippen MR) is 20.7 cm³/mol. The van der Waals surface area contributed by atoms with E-state index in [1.54, 1.807) is 0 Å². The maximum atomic E-state index is 9.67. The van der Waals surface area contributed by atoms with E-state index < -0.39 is 7.54 Å². The minimum atomic E-state index is -3.67. The van der Waals surface area contributed by atoms with Crippen molar-refractivity contribution in [2.45, 2.75) is 1.02 Å². The van der Waals surface area contributed by atoms with Gasteiger partial charge in [0, 0.05) is 0 Å². The van der Waals surface area contributed by atoms with Gasteiger partial charge < -0.3 is 0 Å². The summed E-state index contributed by atoms with van der Waals surface area (Å²) in [4.78, 5) is 0. The Morgan fingerprint density at radius 2 is 1.17 bits per heavy atom. The van der Waals surface area contributed by atoms with E-state index in [0.717, 1.165) is 49.0 Å². The quantitative estimate of drug-likeness (QED) is 0.421. The molecule has 0 aromatic heterocycles. The zero-order valence-corrected chi connectivity index (χ0v) is 6.83. The van der Waals surface area contributed by atoms with Crippen molar-refractivity contribution >= 4 is 56.5 Å². The van der Waals surface area contributed by atoms with Crippen LogP contribution in [-0.2, 0) is 0 Å². The Labute approximate surface area is 69.3 Å². The Morgan fingerprint density at radius 3 is 1.17 bits per heavy atom. The van der Waals surface area contributed by atoms with Gasteiger partial charge in [-0.25, -0.2) is 0 Å². The summed E-state index contributed by atoms with van der Waals surface area (Å²) in [7, 11) is -3.67. The zero-order valence-electron chi connectivity index (χ0n) is 3.71. The van der Waals surface area contributed by atoms with E-state index in [-0.39, 0.29) is 0 Å². The van der Waals surface area contributed by atoms with Crippen LogP contribution in [-0.4, -0.2) is 56.5 Å². The molecule has 0 saturated heterocycles. The van der Waals surface area contributed by atoms with Crippen molar-refractivity contribution in [3.63, 3.8) is 0 Å². The summed E-state index contributed by atoms with van der Waals surface area (Å²) in [6.45, 7) is 0. The molecule has 0 amide bonds. The first kappa shape index (κ1) is 10.5. The molecule has 6 heavy (non-hydrogen) atoms. The fourth-order valence-corrected chi connectivity index (χ4v) is 0. The molecule has 0 aliphatic carbocycles. The van der Waals surface area contributed by atoms with Crippen LogP contribution in [0.25, 0.3) is 0 Å². The summed E-state index contributed by atoms with van der Waals surface area (Å²) in [5, 5.41) is 0. The van der Waals surface area contributed by atoms with Gasteiger partial charge in [-0.05, 0) is 0 Å². The summed E-state index contributed by atoms with van der Waals surface area (Å²) in [6.07, 6.45) is 0. The first-order valence-electron chi connectivity index (χ1n) is 1.65. The molecule has 0 N–H and O–H groups in total. The second-order valence-corrected chi connectivity index (χ2v) is 0.247. The van der Waals surface area contributed by atoms with Crippen molar-refractivity contribution in [3.8, 4) is 0 Å². The van der Waals surface area contributed by atoms with Gasteiger partial charge in [-0.2, -0.15) is 0 Å². The molecule has 0 aromatic carbocycles. The Hall–Kier alpha value is 1.49. The molecule has 0 heterocycles. The normalized spacial score (nSPS) is 5.67. The van der Waals surface area contributed by atoms with Crippen LogP contribution in [0.5, 0.6) is 0 Å². The molecular formula is CH3BF3K. The summed E-state index contributed by atoms with van der Waals surface area (Å²) in [6, 6.07) is 0. The Bertz CT molecular complexity index is 15.5. The average Bonchev–Trinajstić information content (AvgIpc) is 1.41. The van der Waals surface area contributed by atoms with Gasteiger partial charge in [-0.1, -0.05) is 0 Å². The van der Waals surface area contributed by atoms with Crippen molar-refractivity contribution in [1.82, 2.24) is 0 Å². The van der Waals surface area contributed by atoms with Gasteiger partial charge >= 0.3 is 57.5 Å². The molecule has 0 bridgehead atoms. The SMILES string of the molecule is FB(F)F.[CH3][K]. The molecule has 0 nitrogen and oxygen atoms in total. The molecule has 32 valence electrons.